The molecule has 0 aliphatic rings. The third-order valence-corrected chi connectivity index (χ3v) is 4.81. The van der Waals surface area contributed by atoms with E-state index in [-0.39, 0.29) is 5.56 Å². The zero-order valence-corrected chi connectivity index (χ0v) is 15.5. The van der Waals surface area contributed by atoms with Gasteiger partial charge in [-0.1, -0.05) is 18.2 Å². The number of ether oxygens (including phenoxy) is 1. The molecule has 0 fully saturated rings. The molecular formula is C22H16N4O3. The van der Waals surface area contributed by atoms with E-state index in [2.05, 4.69) is 15.1 Å². The SMILES string of the molecule is Cn1nc(-c2cc3nccc(C(=O)O)c3[nH]2)c2ccc(Oc3ccccc3)cc21. The van der Waals surface area contributed by atoms with E-state index in [1.807, 2.05) is 61.6 Å². The predicted molar refractivity (Wildman–Crippen MR) is 109 cm³/mol. The number of H-pyrrole nitrogens is 1. The Morgan fingerprint density at radius 2 is 1.90 bits per heavy atom. The number of carboxylic acid groups (broad SMARTS) is 1. The normalized spacial score (nSPS) is 11.2. The zero-order chi connectivity index (χ0) is 20.0. The molecule has 3 heterocycles. The molecule has 0 aliphatic heterocycles. The minimum Gasteiger partial charge on any atom is -0.478 e. The fourth-order valence-electron chi connectivity index (χ4n) is 3.46. The Hall–Kier alpha value is -4.13. The van der Waals surface area contributed by atoms with E-state index < -0.39 is 5.97 Å². The Bertz CT molecular complexity index is 1370. The number of hydrogen-bond acceptors (Lipinski definition) is 4. The zero-order valence-electron chi connectivity index (χ0n) is 15.5. The molecule has 0 bridgehead atoms. The van der Waals surface area contributed by atoms with Gasteiger partial charge in [0.05, 0.1) is 27.8 Å². The first-order valence-corrected chi connectivity index (χ1v) is 9.01. The van der Waals surface area contributed by atoms with Crippen LogP contribution in [-0.2, 0) is 7.05 Å². The minimum atomic E-state index is -1.00. The first kappa shape index (κ1) is 17.0. The number of aromatic amines is 1. The van der Waals surface area contributed by atoms with E-state index in [0.29, 0.717) is 22.5 Å². The number of aromatic nitrogens is 4. The maximum Gasteiger partial charge on any atom is 0.337 e. The van der Waals surface area contributed by atoms with E-state index in [9.17, 15) is 9.90 Å². The van der Waals surface area contributed by atoms with E-state index in [4.69, 9.17) is 4.74 Å². The minimum absolute atomic E-state index is 0.181. The summed E-state index contributed by atoms with van der Waals surface area (Å²) in [6, 6.07) is 18.7. The van der Waals surface area contributed by atoms with E-state index >= 15 is 0 Å². The van der Waals surface area contributed by atoms with Crippen LogP contribution in [0.4, 0.5) is 0 Å². The van der Waals surface area contributed by atoms with Crippen LogP contribution < -0.4 is 4.74 Å². The summed E-state index contributed by atoms with van der Waals surface area (Å²) in [4.78, 5) is 18.9. The number of fused-ring (bicyclic) bond motifs is 2. The van der Waals surface area contributed by atoms with Gasteiger partial charge in [0.15, 0.2) is 0 Å². The number of carboxylic acids is 1. The average molecular weight is 384 g/mol. The average Bonchev–Trinajstić information content (AvgIpc) is 3.29. The van der Waals surface area contributed by atoms with Crippen molar-refractivity contribution < 1.29 is 14.6 Å². The first-order chi connectivity index (χ1) is 14.1. The van der Waals surface area contributed by atoms with Crippen LogP contribution in [0.25, 0.3) is 33.3 Å². The molecule has 7 heteroatoms. The summed E-state index contributed by atoms with van der Waals surface area (Å²) >= 11 is 0. The molecule has 3 aromatic heterocycles. The second-order valence-corrected chi connectivity index (χ2v) is 6.67. The third kappa shape index (κ3) is 2.89. The van der Waals surface area contributed by atoms with Crippen LogP contribution >= 0.6 is 0 Å². The molecule has 0 saturated heterocycles. The van der Waals surface area contributed by atoms with Gasteiger partial charge in [0.2, 0.25) is 0 Å². The number of pyridine rings is 1. The van der Waals surface area contributed by atoms with Crippen molar-refractivity contribution in [2.75, 3.05) is 0 Å². The standard InChI is InChI=1S/C22H16N4O3/c1-26-19-11-14(29-13-5-3-2-4-6-13)7-8-15(19)21(25-26)18-12-17-20(24-18)16(22(27)28)9-10-23-17/h2-12,24H,1H3,(H,27,28). The molecule has 7 nitrogen and oxygen atoms in total. The Morgan fingerprint density at radius 1 is 1.07 bits per heavy atom. The van der Waals surface area contributed by atoms with Crippen LogP contribution in [-0.4, -0.2) is 30.8 Å². The van der Waals surface area contributed by atoms with Crippen LogP contribution in [0.3, 0.4) is 0 Å². The fraction of sp³-hybridized carbons (Fsp3) is 0.0455. The van der Waals surface area contributed by atoms with Gasteiger partial charge in [-0.3, -0.25) is 9.67 Å². The molecule has 0 aliphatic carbocycles. The Kier molecular flexibility index (Phi) is 3.80. The lowest BCUT2D eigenvalue weighted by molar-refractivity contribution is 0.0698. The van der Waals surface area contributed by atoms with Crippen molar-refractivity contribution in [1.82, 2.24) is 19.7 Å². The fourth-order valence-corrected chi connectivity index (χ4v) is 3.46. The summed E-state index contributed by atoms with van der Waals surface area (Å²) < 4.78 is 7.70. The van der Waals surface area contributed by atoms with Gasteiger partial charge in [-0.25, -0.2) is 4.79 Å². The summed E-state index contributed by atoms with van der Waals surface area (Å²) in [5, 5.41) is 15.0. The van der Waals surface area contributed by atoms with E-state index in [1.54, 1.807) is 4.68 Å². The van der Waals surface area contributed by atoms with Crippen LogP contribution in [0, 0.1) is 0 Å². The molecule has 0 saturated carbocycles. The molecule has 0 amide bonds. The van der Waals surface area contributed by atoms with Crippen molar-refractivity contribution in [3.63, 3.8) is 0 Å². The molecule has 5 aromatic rings. The monoisotopic (exact) mass is 384 g/mol. The van der Waals surface area contributed by atoms with Gasteiger partial charge in [-0.2, -0.15) is 5.10 Å². The maximum atomic E-state index is 11.5. The number of benzene rings is 2. The molecule has 0 unspecified atom stereocenters. The van der Waals surface area contributed by atoms with Crippen molar-refractivity contribution >= 4 is 27.9 Å². The van der Waals surface area contributed by atoms with Crippen molar-refractivity contribution in [3.8, 4) is 22.9 Å². The Balaban J connectivity index is 1.60. The van der Waals surface area contributed by atoms with Gasteiger partial charge in [0.1, 0.15) is 17.2 Å². The molecule has 142 valence electrons. The second-order valence-electron chi connectivity index (χ2n) is 6.67. The highest BCUT2D eigenvalue weighted by atomic mass is 16.5. The molecular weight excluding hydrogens is 368 g/mol. The first-order valence-electron chi connectivity index (χ1n) is 9.01. The lowest BCUT2D eigenvalue weighted by Crippen LogP contribution is -1.97. The molecule has 2 N–H and O–H groups in total. The quantitative estimate of drug-likeness (QED) is 0.472. The largest absolute Gasteiger partial charge is 0.478 e. The summed E-state index contributed by atoms with van der Waals surface area (Å²) in [7, 11) is 1.86. The summed E-state index contributed by atoms with van der Waals surface area (Å²) in [6.45, 7) is 0. The highest BCUT2D eigenvalue weighted by molar-refractivity contribution is 6.03. The van der Waals surface area contributed by atoms with Crippen molar-refractivity contribution in [2.45, 2.75) is 0 Å². The smallest absolute Gasteiger partial charge is 0.337 e. The van der Waals surface area contributed by atoms with E-state index in [0.717, 1.165) is 22.3 Å². The number of rotatable bonds is 4. The molecule has 0 spiro atoms. The van der Waals surface area contributed by atoms with Crippen LogP contribution in [0.1, 0.15) is 10.4 Å². The van der Waals surface area contributed by atoms with Crippen molar-refractivity contribution in [1.29, 1.82) is 0 Å². The van der Waals surface area contributed by atoms with Gasteiger partial charge < -0.3 is 14.8 Å². The van der Waals surface area contributed by atoms with E-state index in [1.165, 1.54) is 12.3 Å². The number of aryl methyl sites for hydroxylation is 1. The topological polar surface area (TPSA) is 93.0 Å². The number of para-hydroxylation sites is 1. The van der Waals surface area contributed by atoms with Crippen molar-refractivity contribution in [2.24, 2.45) is 7.05 Å². The Labute approximate surface area is 165 Å². The number of nitrogens with zero attached hydrogens (tertiary/aromatic N) is 3. The van der Waals surface area contributed by atoms with Gasteiger partial charge in [0, 0.05) is 24.7 Å². The van der Waals surface area contributed by atoms with Gasteiger partial charge in [-0.15, -0.1) is 0 Å². The van der Waals surface area contributed by atoms with Gasteiger partial charge >= 0.3 is 5.97 Å². The summed E-state index contributed by atoms with van der Waals surface area (Å²) in [6.07, 6.45) is 1.49. The highest BCUT2D eigenvalue weighted by Crippen LogP contribution is 2.33. The molecule has 29 heavy (non-hydrogen) atoms. The molecule has 2 aromatic carbocycles. The number of nitrogens with one attached hydrogen (secondary N) is 1. The number of hydrogen-bond donors (Lipinski definition) is 2. The van der Waals surface area contributed by atoms with Crippen molar-refractivity contribution in [3.05, 3.63) is 72.4 Å². The predicted octanol–water partition coefficient (Wildman–Crippen LogP) is 4.61. The number of aromatic carboxylic acids is 1. The summed E-state index contributed by atoms with van der Waals surface area (Å²) in [5.74, 6) is 0.473. The molecule has 5 rings (SSSR count). The molecule has 0 atom stereocenters. The summed E-state index contributed by atoms with van der Waals surface area (Å²) in [5.41, 5.74) is 3.59. The Morgan fingerprint density at radius 3 is 2.69 bits per heavy atom. The van der Waals surface area contributed by atoms with Crippen LogP contribution in [0.15, 0.2) is 66.9 Å². The van der Waals surface area contributed by atoms with Gasteiger partial charge in [0.25, 0.3) is 0 Å². The third-order valence-electron chi connectivity index (χ3n) is 4.81. The van der Waals surface area contributed by atoms with Crippen LogP contribution in [0.5, 0.6) is 11.5 Å². The van der Waals surface area contributed by atoms with Crippen LogP contribution in [0.2, 0.25) is 0 Å². The van der Waals surface area contributed by atoms with Gasteiger partial charge in [-0.05, 0) is 36.4 Å². The number of carbonyl (C=O) groups is 1. The molecule has 0 radical (unpaired) electrons. The lowest BCUT2D eigenvalue weighted by atomic mass is 10.1. The maximum absolute atomic E-state index is 11.5. The second kappa shape index (κ2) is 6.49. The highest BCUT2D eigenvalue weighted by Gasteiger charge is 2.17. The lowest BCUT2D eigenvalue weighted by Gasteiger charge is -2.05.